The summed E-state index contributed by atoms with van der Waals surface area (Å²) < 4.78 is 5.35. The average molecular weight is 365 g/mol. The molecule has 0 saturated carbocycles. The van der Waals surface area contributed by atoms with E-state index in [4.69, 9.17) is 4.74 Å². The van der Waals surface area contributed by atoms with E-state index in [0.29, 0.717) is 6.54 Å². The zero-order valence-electron chi connectivity index (χ0n) is 15.7. The Morgan fingerprint density at radius 3 is 2.30 bits per heavy atom. The van der Waals surface area contributed by atoms with Gasteiger partial charge in [-0.1, -0.05) is 24.3 Å². The molecule has 2 heterocycles. The highest BCUT2D eigenvalue weighted by atomic mass is 16.5. The Morgan fingerprint density at radius 1 is 0.963 bits per heavy atom. The van der Waals surface area contributed by atoms with Gasteiger partial charge < -0.3 is 15.0 Å². The van der Waals surface area contributed by atoms with E-state index in [-0.39, 0.29) is 5.91 Å². The summed E-state index contributed by atoms with van der Waals surface area (Å²) in [6.07, 6.45) is 0.968. The first-order chi connectivity index (χ1) is 13.3. The second kappa shape index (κ2) is 8.55. The Morgan fingerprint density at radius 2 is 1.63 bits per heavy atom. The van der Waals surface area contributed by atoms with Gasteiger partial charge in [0.1, 0.15) is 0 Å². The maximum absolute atomic E-state index is 12.3. The summed E-state index contributed by atoms with van der Waals surface area (Å²) in [5, 5.41) is 3.03. The third-order valence-corrected chi connectivity index (χ3v) is 5.38. The average Bonchev–Trinajstić information content (AvgIpc) is 3.16. The van der Waals surface area contributed by atoms with Crippen molar-refractivity contribution in [2.75, 3.05) is 44.3 Å². The second-order valence-electron chi connectivity index (χ2n) is 7.24. The monoisotopic (exact) mass is 365 g/mol. The molecule has 27 heavy (non-hydrogen) atoms. The number of nitrogens with zero attached hydrogens (tertiary/aromatic N) is 2. The van der Waals surface area contributed by atoms with E-state index in [0.717, 1.165) is 63.6 Å². The molecule has 2 aromatic rings. The van der Waals surface area contributed by atoms with Crippen LogP contribution in [-0.2, 0) is 17.8 Å². The van der Waals surface area contributed by atoms with Crippen LogP contribution in [0.4, 0.5) is 5.69 Å². The fourth-order valence-corrected chi connectivity index (χ4v) is 3.77. The van der Waals surface area contributed by atoms with E-state index in [2.05, 4.69) is 51.5 Å². The van der Waals surface area contributed by atoms with Crippen molar-refractivity contribution in [3.05, 3.63) is 65.2 Å². The van der Waals surface area contributed by atoms with Gasteiger partial charge in [0.15, 0.2) is 0 Å². The first-order valence-electron chi connectivity index (χ1n) is 9.80. The number of benzene rings is 2. The highest BCUT2D eigenvalue weighted by Gasteiger charge is 2.18. The smallest absolute Gasteiger partial charge is 0.251 e. The predicted molar refractivity (Wildman–Crippen MR) is 107 cm³/mol. The number of nitrogens with one attached hydrogen (secondary N) is 1. The van der Waals surface area contributed by atoms with Crippen LogP contribution >= 0.6 is 0 Å². The summed E-state index contributed by atoms with van der Waals surface area (Å²) >= 11 is 0. The molecular formula is C22H27N3O2. The molecule has 0 unspecified atom stereocenters. The van der Waals surface area contributed by atoms with Crippen LogP contribution in [-0.4, -0.2) is 50.2 Å². The van der Waals surface area contributed by atoms with Crippen molar-refractivity contribution in [3.8, 4) is 0 Å². The summed E-state index contributed by atoms with van der Waals surface area (Å²) in [6, 6.07) is 16.5. The molecule has 0 atom stereocenters. The Labute approximate surface area is 160 Å². The SMILES string of the molecule is O=C(NCCCN1CCOCC1)c1ccc(N2Cc3ccccc3C2)cc1. The van der Waals surface area contributed by atoms with E-state index >= 15 is 0 Å². The standard InChI is InChI=1S/C22H27N3O2/c26-22(23-10-3-11-24-12-14-27-15-13-24)18-6-8-21(9-7-18)25-16-19-4-1-2-5-20(19)17-25/h1-2,4-9H,3,10-17H2,(H,23,26). The van der Waals surface area contributed by atoms with Gasteiger partial charge in [-0.3, -0.25) is 9.69 Å². The van der Waals surface area contributed by atoms with Gasteiger partial charge >= 0.3 is 0 Å². The molecule has 2 aliphatic heterocycles. The summed E-state index contributed by atoms with van der Waals surface area (Å²) in [6.45, 7) is 7.22. The van der Waals surface area contributed by atoms with Crippen molar-refractivity contribution in [1.29, 1.82) is 0 Å². The number of hydrogen-bond donors (Lipinski definition) is 1. The lowest BCUT2D eigenvalue weighted by Gasteiger charge is -2.26. The van der Waals surface area contributed by atoms with Gasteiger partial charge in [0.2, 0.25) is 0 Å². The van der Waals surface area contributed by atoms with Crippen molar-refractivity contribution >= 4 is 11.6 Å². The zero-order chi connectivity index (χ0) is 18.5. The molecule has 0 aliphatic carbocycles. The minimum atomic E-state index is 0.00763. The molecule has 1 amide bonds. The molecule has 5 nitrogen and oxygen atoms in total. The predicted octanol–water partition coefficient (Wildman–Crippen LogP) is 2.66. The normalized spacial score (nSPS) is 17.0. The van der Waals surface area contributed by atoms with Gasteiger partial charge in [-0.2, -0.15) is 0 Å². The van der Waals surface area contributed by atoms with Crippen molar-refractivity contribution in [2.24, 2.45) is 0 Å². The van der Waals surface area contributed by atoms with Crippen molar-refractivity contribution in [3.63, 3.8) is 0 Å². The fourth-order valence-electron chi connectivity index (χ4n) is 3.77. The molecule has 1 fully saturated rings. The molecule has 2 aromatic carbocycles. The number of anilines is 1. The topological polar surface area (TPSA) is 44.8 Å². The van der Waals surface area contributed by atoms with Gasteiger partial charge in [-0.15, -0.1) is 0 Å². The molecule has 4 rings (SSSR count). The Hall–Kier alpha value is -2.37. The summed E-state index contributed by atoms with van der Waals surface area (Å²) in [7, 11) is 0. The zero-order valence-corrected chi connectivity index (χ0v) is 15.7. The Balaban J connectivity index is 1.24. The van der Waals surface area contributed by atoms with Crippen molar-refractivity contribution in [2.45, 2.75) is 19.5 Å². The number of amides is 1. The third-order valence-electron chi connectivity index (χ3n) is 5.38. The van der Waals surface area contributed by atoms with Gasteiger partial charge in [0.05, 0.1) is 13.2 Å². The largest absolute Gasteiger partial charge is 0.379 e. The number of ether oxygens (including phenoxy) is 1. The Kier molecular flexibility index (Phi) is 5.70. The number of fused-ring (bicyclic) bond motifs is 1. The van der Waals surface area contributed by atoms with E-state index in [9.17, 15) is 4.79 Å². The third kappa shape index (κ3) is 4.49. The molecule has 142 valence electrons. The molecule has 2 aliphatic rings. The van der Waals surface area contributed by atoms with Crippen LogP contribution in [0.15, 0.2) is 48.5 Å². The molecule has 0 radical (unpaired) electrons. The lowest BCUT2D eigenvalue weighted by Crippen LogP contribution is -2.38. The first-order valence-corrected chi connectivity index (χ1v) is 9.80. The number of carbonyl (C=O) groups is 1. The van der Waals surface area contributed by atoms with E-state index in [1.807, 2.05) is 12.1 Å². The molecule has 1 saturated heterocycles. The lowest BCUT2D eigenvalue weighted by molar-refractivity contribution is 0.0374. The van der Waals surface area contributed by atoms with Crippen LogP contribution in [0.5, 0.6) is 0 Å². The van der Waals surface area contributed by atoms with Gasteiger partial charge in [-0.25, -0.2) is 0 Å². The van der Waals surface area contributed by atoms with Crippen LogP contribution in [0, 0.1) is 0 Å². The summed E-state index contributed by atoms with van der Waals surface area (Å²) in [5.74, 6) is 0.00763. The van der Waals surface area contributed by atoms with E-state index < -0.39 is 0 Å². The summed E-state index contributed by atoms with van der Waals surface area (Å²) in [4.78, 5) is 17.1. The maximum Gasteiger partial charge on any atom is 0.251 e. The van der Waals surface area contributed by atoms with Gasteiger partial charge in [-0.05, 0) is 48.4 Å². The lowest BCUT2D eigenvalue weighted by atomic mass is 10.1. The Bertz CT molecular complexity index is 744. The molecule has 0 aromatic heterocycles. The molecule has 0 bridgehead atoms. The number of hydrogen-bond acceptors (Lipinski definition) is 4. The number of rotatable bonds is 6. The first kappa shape index (κ1) is 18.0. The molecule has 0 spiro atoms. The van der Waals surface area contributed by atoms with Crippen molar-refractivity contribution in [1.82, 2.24) is 10.2 Å². The quantitative estimate of drug-likeness (QED) is 0.800. The highest BCUT2D eigenvalue weighted by Crippen LogP contribution is 2.28. The molecular weight excluding hydrogens is 338 g/mol. The minimum absolute atomic E-state index is 0.00763. The van der Waals surface area contributed by atoms with Gasteiger partial charge in [0.25, 0.3) is 5.91 Å². The maximum atomic E-state index is 12.3. The second-order valence-corrected chi connectivity index (χ2v) is 7.24. The van der Waals surface area contributed by atoms with Gasteiger partial charge in [0, 0.05) is 44.0 Å². The fraction of sp³-hybridized carbons (Fsp3) is 0.409. The van der Waals surface area contributed by atoms with Crippen LogP contribution in [0.1, 0.15) is 27.9 Å². The van der Waals surface area contributed by atoms with Crippen LogP contribution in [0.3, 0.4) is 0 Å². The van der Waals surface area contributed by atoms with E-state index in [1.54, 1.807) is 0 Å². The van der Waals surface area contributed by atoms with Crippen LogP contribution in [0.25, 0.3) is 0 Å². The van der Waals surface area contributed by atoms with Crippen LogP contribution < -0.4 is 10.2 Å². The summed E-state index contributed by atoms with van der Waals surface area (Å²) in [5.41, 5.74) is 4.66. The minimum Gasteiger partial charge on any atom is -0.379 e. The molecule has 1 N–H and O–H groups in total. The van der Waals surface area contributed by atoms with E-state index in [1.165, 1.54) is 11.1 Å². The van der Waals surface area contributed by atoms with Crippen LogP contribution in [0.2, 0.25) is 0 Å². The number of morpholine rings is 1. The van der Waals surface area contributed by atoms with Crippen molar-refractivity contribution < 1.29 is 9.53 Å². The number of carbonyl (C=O) groups excluding carboxylic acids is 1. The highest BCUT2D eigenvalue weighted by molar-refractivity contribution is 5.94. The molecule has 5 heteroatoms.